The maximum atomic E-state index is 13.3. The third-order valence-corrected chi connectivity index (χ3v) is 5.95. The molecular weight excluding hydrogens is 251 g/mol. The number of likely N-dealkylation sites (tertiary alicyclic amines) is 2. The fourth-order valence-electron chi connectivity index (χ4n) is 4.57. The second-order valence-corrected chi connectivity index (χ2v) is 7.09. The molecule has 0 spiro atoms. The number of rotatable bonds is 3. The van der Waals surface area contributed by atoms with Crippen molar-refractivity contribution in [2.24, 2.45) is 11.3 Å². The summed E-state index contributed by atoms with van der Waals surface area (Å²) in [6.07, 6.45) is 9.74. The minimum absolute atomic E-state index is 0.441. The molecule has 0 aromatic rings. The van der Waals surface area contributed by atoms with E-state index in [-0.39, 0.29) is 0 Å². The minimum Gasteiger partial charge on any atom is -0.302 e. The topological polar surface area (TPSA) is 6.48 Å². The quantitative estimate of drug-likeness (QED) is 0.782. The Labute approximate surface area is 121 Å². The second-order valence-electron chi connectivity index (χ2n) is 7.09. The Morgan fingerprint density at radius 1 is 1.40 bits per heavy atom. The van der Waals surface area contributed by atoms with Crippen molar-refractivity contribution in [3.05, 3.63) is 23.8 Å². The molecule has 0 amide bonds. The smallest absolute Gasteiger partial charge is 0.114 e. The number of alkyl halides is 1. The van der Waals surface area contributed by atoms with Gasteiger partial charge in [0.05, 0.1) is 0 Å². The van der Waals surface area contributed by atoms with Crippen LogP contribution in [0.25, 0.3) is 0 Å². The highest BCUT2D eigenvalue weighted by molar-refractivity contribution is 5.40. The molecule has 0 radical (unpaired) electrons. The molecule has 2 saturated heterocycles. The molecule has 2 aliphatic heterocycles. The Kier molecular flexibility index (Phi) is 3.04. The molecule has 3 heteroatoms. The van der Waals surface area contributed by atoms with Crippen molar-refractivity contribution in [1.29, 1.82) is 0 Å². The molecule has 2 aliphatic carbocycles. The molecule has 0 aromatic heterocycles. The summed E-state index contributed by atoms with van der Waals surface area (Å²) < 4.78 is 13.3. The number of halogens is 1. The highest BCUT2D eigenvalue weighted by atomic mass is 19.1. The van der Waals surface area contributed by atoms with E-state index in [2.05, 4.69) is 35.0 Å². The molecule has 0 bridgehead atoms. The predicted octanol–water partition coefficient (Wildman–Crippen LogP) is 2.63. The minimum atomic E-state index is -0.604. The number of fused-ring (bicyclic) bond motifs is 1. The van der Waals surface area contributed by atoms with E-state index < -0.39 is 6.17 Å². The van der Waals surface area contributed by atoms with Gasteiger partial charge in [0.2, 0.25) is 0 Å². The predicted molar refractivity (Wildman–Crippen MR) is 79.4 cm³/mol. The van der Waals surface area contributed by atoms with E-state index in [0.29, 0.717) is 18.0 Å². The van der Waals surface area contributed by atoms with Gasteiger partial charge in [-0.3, -0.25) is 4.90 Å². The lowest BCUT2D eigenvalue weighted by Crippen LogP contribution is -2.33. The summed E-state index contributed by atoms with van der Waals surface area (Å²) in [6.45, 7) is 7.56. The average molecular weight is 276 g/mol. The molecule has 2 nitrogen and oxygen atoms in total. The number of nitrogens with zero attached hydrogens (tertiary/aromatic N) is 2. The molecule has 110 valence electrons. The maximum Gasteiger partial charge on any atom is 0.114 e. The molecule has 20 heavy (non-hydrogen) atoms. The van der Waals surface area contributed by atoms with Crippen molar-refractivity contribution >= 4 is 0 Å². The van der Waals surface area contributed by atoms with Crippen LogP contribution < -0.4 is 0 Å². The fraction of sp³-hybridized carbons (Fsp3) is 0.765. The third kappa shape index (κ3) is 1.98. The van der Waals surface area contributed by atoms with Gasteiger partial charge in [0.15, 0.2) is 0 Å². The van der Waals surface area contributed by atoms with E-state index >= 15 is 0 Å². The number of piperidine rings is 1. The normalized spacial score (nSPS) is 44.7. The fourth-order valence-corrected chi connectivity index (χ4v) is 4.57. The van der Waals surface area contributed by atoms with Gasteiger partial charge in [-0.25, -0.2) is 4.39 Å². The number of hydrogen-bond donors (Lipinski definition) is 0. The summed E-state index contributed by atoms with van der Waals surface area (Å²) in [4.78, 5) is 4.90. The van der Waals surface area contributed by atoms with Gasteiger partial charge in [-0.15, -0.1) is 0 Å². The Morgan fingerprint density at radius 2 is 2.30 bits per heavy atom. The molecule has 3 fully saturated rings. The van der Waals surface area contributed by atoms with Gasteiger partial charge in [-0.2, -0.15) is 0 Å². The van der Waals surface area contributed by atoms with Gasteiger partial charge in [0.1, 0.15) is 6.17 Å². The van der Waals surface area contributed by atoms with Crippen LogP contribution >= 0.6 is 0 Å². The zero-order chi connectivity index (χ0) is 13.7. The summed E-state index contributed by atoms with van der Waals surface area (Å²) in [6, 6.07) is 0.441. The zero-order valence-electron chi connectivity index (χ0n) is 12.4. The van der Waals surface area contributed by atoms with Crippen LogP contribution in [0.2, 0.25) is 0 Å². The van der Waals surface area contributed by atoms with Crippen molar-refractivity contribution in [3.8, 4) is 0 Å². The number of allylic oxidation sites excluding steroid dienone is 1. The lowest BCUT2D eigenvalue weighted by Gasteiger charge is -2.28. The summed E-state index contributed by atoms with van der Waals surface area (Å²) >= 11 is 0. The van der Waals surface area contributed by atoms with Crippen molar-refractivity contribution < 1.29 is 4.39 Å². The van der Waals surface area contributed by atoms with E-state index in [9.17, 15) is 4.39 Å². The molecule has 1 saturated carbocycles. The van der Waals surface area contributed by atoms with E-state index in [1.54, 1.807) is 5.57 Å². The summed E-state index contributed by atoms with van der Waals surface area (Å²) in [5.41, 5.74) is 2.07. The standard InChI is InChI=1S/C17H25FN2/c1-2-19-10-14-9-17(14,12-19)13-3-5-16(6-4-13)20-8-7-15(18)11-20/h3-5,14-16H,2,6-12H2,1H3. The first-order chi connectivity index (χ1) is 9.71. The lowest BCUT2D eigenvalue weighted by molar-refractivity contribution is 0.250. The van der Waals surface area contributed by atoms with Gasteiger partial charge in [0.25, 0.3) is 0 Å². The van der Waals surface area contributed by atoms with Gasteiger partial charge >= 0.3 is 0 Å². The monoisotopic (exact) mass is 276 g/mol. The molecule has 0 N–H and O–H groups in total. The van der Waals surface area contributed by atoms with Crippen molar-refractivity contribution in [3.63, 3.8) is 0 Å². The largest absolute Gasteiger partial charge is 0.302 e. The van der Waals surface area contributed by atoms with Gasteiger partial charge in [-0.1, -0.05) is 25.2 Å². The van der Waals surface area contributed by atoms with E-state index in [1.807, 2.05) is 0 Å². The maximum absolute atomic E-state index is 13.3. The van der Waals surface area contributed by atoms with Crippen LogP contribution in [0.4, 0.5) is 4.39 Å². The van der Waals surface area contributed by atoms with Crippen LogP contribution in [0, 0.1) is 11.3 Å². The first kappa shape index (κ1) is 13.0. The van der Waals surface area contributed by atoms with Gasteiger partial charge in [0, 0.05) is 37.6 Å². The van der Waals surface area contributed by atoms with E-state index in [1.165, 1.54) is 26.1 Å². The molecule has 4 aliphatic rings. The van der Waals surface area contributed by atoms with Crippen LogP contribution in [0.1, 0.15) is 26.2 Å². The lowest BCUT2D eigenvalue weighted by atomic mass is 9.88. The summed E-state index contributed by atoms with van der Waals surface area (Å²) in [5.74, 6) is 0.900. The van der Waals surface area contributed by atoms with Crippen molar-refractivity contribution in [2.75, 3.05) is 32.7 Å². The van der Waals surface area contributed by atoms with Crippen molar-refractivity contribution in [1.82, 2.24) is 9.80 Å². The molecule has 4 atom stereocenters. The highest BCUT2D eigenvalue weighted by Gasteiger charge is 2.60. The third-order valence-electron chi connectivity index (χ3n) is 5.95. The Balaban J connectivity index is 1.41. The molecule has 4 rings (SSSR count). The molecule has 2 heterocycles. The van der Waals surface area contributed by atoms with E-state index in [4.69, 9.17) is 0 Å². The molecule has 4 unspecified atom stereocenters. The first-order valence-electron chi connectivity index (χ1n) is 8.20. The van der Waals surface area contributed by atoms with Crippen LogP contribution in [0.3, 0.4) is 0 Å². The van der Waals surface area contributed by atoms with Gasteiger partial charge in [-0.05, 0) is 37.3 Å². The number of hydrogen-bond acceptors (Lipinski definition) is 2. The Morgan fingerprint density at radius 3 is 2.90 bits per heavy atom. The second kappa shape index (κ2) is 4.67. The highest BCUT2D eigenvalue weighted by Crippen LogP contribution is 2.62. The van der Waals surface area contributed by atoms with Crippen LogP contribution in [0.5, 0.6) is 0 Å². The first-order valence-corrected chi connectivity index (χ1v) is 8.20. The SMILES string of the molecule is CCN1CC2CC2(C2=CCC(N3CCC(F)C3)C=C2)C1. The molecular formula is C17H25FN2. The van der Waals surface area contributed by atoms with Crippen LogP contribution in [-0.4, -0.2) is 54.7 Å². The summed E-state index contributed by atoms with van der Waals surface area (Å²) in [7, 11) is 0. The average Bonchev–Trinajstić information content (AvgIpc) is 2.85. The van der Waals surface area contributed by atoms with Crippen molar-refractivity contribution in [2.45, 2.75) is 38.4 Å². The Bertz CT molecular complexity index is 458. The van der Waals surface area contributed by atoms with Crippen LogP contribution in [-0.2, 0) is 0 Å². The Hall–Kier alpha value is -0.670. The molecule has 0 aromatic carbocycles. The zero-order valence-corrected chi connectivity index (χ0v) is 12.4. The van der Waals surface area contributed by atoms with Crippen LogP contribution in [0.15, 0.2) is 23.8 Å². The van der Waals surface area contributed by atoms with Gasteiger partial charge < -0.3 is 4.90 Å². The van der Waals surface area contributed by atoms with E-state index in [0.717, 1.165) is 25.3 Å². The summed E-state index contributed by atoms with van der Waals surface area (Å²) in [5, 5.41) is 0.